The maximum absolute atomic E-state index is 10.0. The Bertz CT molecular complexity index is 96.7. The Labute approximate surface area is 57.9 Å². The van der Waals surface area contributed by atoms with E-state index in [2.05, 4.69) is 15.9 Å². The maximum Gasteiger partial charge on any atom is 0.146 e. The molecule has 0 N–H and O–H groups in total. The first kappa shape index (κ1) is 7.89. The van der Waals surface area contributed by atoms with E-state index in [1.54, 1.807) is 0 Å². The lowest BCUT2D eigenvalue weighted by atomic mass is 10.3. The second kappa shape index (κ2) is 5.04. The van der Waals surface area contributed by atoms with Crippen LogP contribution in [0.15, 0.2) is 11.6 Å². The number of hydrogen-bond donors (Lipinski definition) is 0. The Morgan fingerprint density at radius 3 is 2.50 bits per heavy atom. The molecule has 0 saturated heterocycles. The summed E-state index contributed by atoms with van der Waals surface area (Å²) in [5.74, 6) is 0. The molecule has 0 aromatic rings. The van der Waals surface area contributed by atoms with Gasteiger partial charge in [-0.2, -0.15) is 0 Å². The molecule has 2 heteroatoms. The summed E-state index contributed by atoms with van der Waals surface area (Å²) < 4.78 is 0. The fourth-order valence-corrected chi connectivity index (χ4v) is 0.757. The quantitative estimate of drug-likeness (QED) is 0.365. The Morgan fingerprint density at radius 2 is 2.38 bits per heavy atom. The molecule has 0 rings (SSSR count). The second-order valence-corrected chi connectivity index (χ2v) is 2.00. The number of rotatable bonds is 3. The van der Waals surface area contributed by atoms with Crippen LogP contribution in [0.3, 0.4) is 0 Å². The monoisotopic (exact) mass is 176 g/mol. The topological polar surface area (TPSA) is 17.1 Å². The van der Waals surface area contributed by atoms with Crippen LogP contribution in [0.5, 0.6) is 0 Å². The number of halogens is 1. The van der Waals surface area contributed by atoms with Crippen molar-refractivity contribution in [3.8, 4) is 0 Å². The summed E-state index contributed by atoms with van der Waals surface area (Å²) >= 11 is 3.18. The van der Waals surface area contributed by atoms with Gasteiger partial charge in [0.15, 0.2) is 0 Å². The molecule has 0 heterocycles. The predicted molar refractivity (Wildman–Crippen MR) is 38.2 cm³/mol. The van der Waals surface area contributed by atoms with Crippen LogP contribution in [0.1, 0.15) is 13.3 Å². The minimum Gasteiger partial charge on any atom is -0.298 e. The highest BCUT2D eigenvalue weighted by Crippen LogP contribution is 1.96. The zero-order valence-electron chi connectivity index (χ0n) is 4.86. The molecule has 0 aromatic heterocycles. The first-order chi connectivity index (χ1) is 3.85. The molecule has 8 heavy (non-hydrogen) atoms. The third kappa shape index (κ3) is 2.97. The van der Waals surface area contributed by atoms with Crippen molar-refractivity contribution in [2.75, 3.05) is 5.33 Å². The lowest BCUT2D eigenvalue weighted by Crippen LogP contribution is -1.83. The zero-order valence-corrected chi connectivity index (χ0v) is 6.44. The van der Waals surface area contributed by atoms with E-state index in [1.165, 1.54) is 0 Å². The van der Waals surface area contributed by atoms with Crippen molar-refractivity contribution in [1.82, 2.24) is 0 Å². The van der Waals surface area contributed by atoms with Gasteiger partial charge in [-0.3, -0.25) is 4.79 Å². The average Bonchev–Trinajstić information content (AvgIpc) is 1.83. The Kier molecular flexibility index (Phi) is 4.97. The van der Waals surface area contributed by atoms with Crippen LogP contribution in [0.25, 0.3) is 0 Å². The fourth-order valence-electron chi connectivity index (χ4n) is 0.396. The van der Waals surface area contributed by atoms with Gasteiger partial charge >= 0.3 is 0 Å². The molecule has 0 amide bonds. The first-order valence-electron chi connectivity index (χ1n) is 2.55. The van der Waals surface area contributed by atoms with E-state index in [1.807, 2.05) is 13.0 Å². The average molecular weight is 177 g/mol. The normalized spacial score (nSPS) is 11.5. The van der Waals surface area contributed by atoms with E-state index in [0.29, 0.717) is 5.33 Å². The van der Waals surface area contributed by atoms with Gasteiger partial charge in [-0.1, -0.05) is 28.9 Å². The van der Waals surface area contributed by atoms with Gasteiger partial charge < -0.3 is 0 Å². The van der Waals surface area contributed by atoms with Crippen molar-refractivity contribution in [1.29, 1.82) is 0 Å². The molecule has 0 aromatic carbocycles. The summed E-state index contributed by atoms with van der Waals surface area (Å²) in [5.41, 5.74) is 0.826. The minimum atomic E-state index is 0.671. The highest BCUT2D eigenvalue weighted by molar-refractivity contribution is 9.09. The van der Waals surface area contributed by atoms with Crippen LogP contribution in [0.4, 0.5) is 0 Å². The van der Waals surface area contributed by atoms with Crippen molar-refractivity contribution in [2.24, 2.45) is 0 Å². The van der Waals surface area contributed by atoms with Crippen molar-refractivity contribution >= 4 is 22.2 Å². The summed E-state index contributed by atoms with van der Waals surface area (Å²) in [6.45, 7) is 2.01. The molecular formula is C6H9BrO. The fraction of sp³-hybridized carbons (Fsp3) is 0.500. The molecule has 0 spiro atoms. The van der Waals surface area contributed by atoms with Crippen LogP contribution in [0.2, 0.25) is 0 Å². The number of carbonyl (C=O) groups excluding carboxylic acids is 1. The van der Waals surface area contributed by atoms with E-state index in [9.17, 15) is 4.79 Å². The molecule has 46 valence electrons. The van der Waals surface area contributed by atoms with Gasteiger partial charge in [0.1, 0.15) is 6.29 Å². The van der Waals surface area contributed by atoms with Gasteiger partial charge in [0.25, 0.3) is 0 Å². The van der Waals surface area contributed by atoms with Gasteiger partial charge in [-0.15, -0.1) is 0 Å². The van der Waals surface area contributed by atoms with E-state index < -0.39 is 0 Å². The number of carbonyl (C=O) groups is 1. The Balaban J connectivity index is 3.66. The summed E-state index contributed by atoms with van der Waals surface area (Å²) in [5, 5.41) is 0.671. The van der Waals surface area contributed by atoms with E-state index in [-0.39, 0.29) is 0 Å². The smallest absolute Gasteiger partial charge is 0.146 e. The van der Waals surface area contributed by atoms with Crippen molar-refractivity contribution in [3.05, 3.63) is 11.6 Å². The number of alkyl halides is 1. The van der Waals surface area contributed by atoms with Crippen molar-refractivity contribution < 1.29 is 4.79 Å². The lowest BCUT2D eigenvalue weighted by Gasteiger charge is -1.86. The summed E-state index contributed by atoms with van der Waals surface area (Å²) in [6.07, 6.45) is 3.71. The molecule has 0 fully saturated rings. The molecule has 0 unspecified atom stereocenters. The van der Waals surface area contributed by atoms with Crippen molar-refractivity contribution in [3.63, 3.8) is 0 Å². The van der Waals surface area contributed by atoms with Gasteiger partial charge in [0, 0.05) is 5.33 Å². The molecule has 0 saturated carbocycles. The second-order valence-electron chi connectivity index (χ2n) is 1.44. The first-order valence-corrected chi connectivity index (χ1v) is 3.67. The van der Waals surface area contributed by atoms with Crippen LogP contribution < -0.4 is 0 Å². The van der Waals surface area contributed by atoms with Crippen molar-refractivity contribution in [2.45, 2.75) is 13.3 Å². The number of hydrogen-bond acceptors (Lipinski definition) is 1. The van der Waals surface area contributed by atoms with Gasteiger partial charge in [-0.05, 0) is 12.0 Å². The van der Waals surface area contributed by atoms with Crippen LogP contribution in [-0.2, 0) is 4.79 Å². The van der Waals surface area contributed by atoms with Gasteiger partial charge in [0.2, 0.25) is 0 Å². The van der Waals surface area contributed by atoms with E-state index >= 15 is 0 Å². The number of aldehydes is 1. The molecule has 0 radical (unpaired) electrons. The van der Waals surface area contributed by atoms with Gasteiger partial charge in [-0.25, -0.2) is 0 Å². The van der Waals surface area contributed by atoms with Crippen LogP contribution in [0, 0.1) is 0 Å². The largest absolute Gasteiger partial charge is 0.298 e. The molecule has 0 aliphatic carbocycles. The third-order valence-electron chi connectivity index (χ3n) is 0.772. The Hall–Kier alpha value is -0.110. The SMILES string of the molecule is CCC=C(C=O)CBr. The van der Waals surface area contributed by atoms with Crippen LogP contribution >= 0.6 is 15.9 Å². The third-order valence-corrected chi connectivity index (χ3v) is 1.42. The summed E-state index contributed by atoms with van der Waals surface area (Å²) in [7, 11) is 0. The number of allylic oxidation sites excluding steroid dienone is 2. The summed E-state index contributed by atoms with van der Waals surface area (Å²) in [4.78, 5) is 10.0. The summed E-state index contributed by atoms with van der Waals surface area (Å²) in [6, 6.07) is 0. The van der Waals surface area contributed by atoms with Crippen LogP contribution in [-0.4, -0.2) is 11.6 Å². The highest BCUT2D eigenvalue weighted by Gasteiger charge is 1.86. The standard InChI is InChI=1S/C6H9BrO/c1-2-3-6(4-7)5-8/h3,5H,2,4H2,1H3. The highest BCUT2D eigenvalue weighted by atomic mass is 79.9. The van der Waals surface area contributed by atoms with E-state index in [0.717, 1.165) is 18.3 Å². The Morgan fingerprint density at radius 1 is 1.75 bits per heavy atom. The zero-order chi connectivity index (χ0) is 6.41. The minimum absolute atomic E-state index is 0.671. The molecule has 0 bridgehead atoms. The lowest BCUT2D eigenvalue weighted by molar-refractivity contribution is -0.104. The molecule has 0 aliphatic heterocycles. The van der Waals surface area contributed by atoms with Gasteiger partial charge in [0.05, 0.1) is 0 Å². The molecule has 0 atom stereocenters. The molecular weight excluding hydrogens is 168 g/mol. The van der Waals surface area contributed by atoms with E-state index in [4.69, 9.17) is 0 Å². The predicted octanol–water partition coefficient (Wildman–Crippen LogP) is 1.92. The maximum atomic E-state index is 10.0. The molecule has 0 aliphatic rings. The molecule has 1 nitrogen and oxygen atoms in total.